The number of rotatable bonds is 6. The van der Waals surface area contributed by atoms with Gasteiger partial charge in [-0.1, -0.05) is 43.7 Å². The molecule has 0 aliphatic heterocycles. The van der Waals surface area contributed by atoms with Crippen molar-refractivity contribution < 1.29 is 9.59 Å². The third-order valence-electron chi connectivity index (χ3n) is 3.96. The number of nitrogens with one attached hydrogen (secondary N) is 1. The number of imide groups is 1. The van der Waals surface area contributed by atoms with Crippen LogP contribution in [0, 0.1) is 0 Å². The second-order valence-corrected chi connectivity index (χ2v) is 5.90. The maximum atomic E-state index is 12.3. The molecule has 0 fully saturated rings. The Kier molecular flexibility index (Phi) is 5.18. The van der Waals surface area contributed by atoms with E-state index in [0.717, 1.165) is 23.9 Å². The van der Waals surface area contributed by atoms with Crippen molar-refractivity contribution in [2.24, 2.45) is 0 Å². The Hall–Kier alpha value is -3.02. The lowest BCUT2D eigenvalue weighted by molar-refractivity contribution is -0.121. The summed E-state index contributed by atoms with van der Waals surface area (Å²) in [5.41, 5.74) is 2.06. The fourth-order valence-corrected chi connectivity index (χ4v) is 2.73. The van der Waals surface area contributed by atoms with E-state index < -0.39 is 0 Å². The lowest BCUT2D eigenvalue weighted by atomic mass is 10.1. The van der Waals surface area contributed by atoms with Crippen molar-refractivity contribution in [3.63, 3.8) is 0 Å². The zero-order chi connectivity index (χ0) is 17.6. The zero-order valence-electron chi connectivity index (χ0n) is 14.1. The van der Waals surface area contributed by atoms with Gasteiger partial charge in [-0.15, -0.1) is 0 Å². The number of aromatic nitrogens is 3. The van der Waals surface area contributed by atoms with Gasteiger partial charge in [0.15, 0.2) is 0 Å². The average Bonchev–Trinajstić information content (AvgIpc) is 3.06. The number of fused-ring (bicyclic) bond motifs is 1. The first-order valence-electron chi connectivity index (χ1n) is 8.38. The van der Waals surface area contributed by atoms with E-state index in [4.69, 9.17) is 0 Å². The summed E-state index contributed by atoms with van der Waals surface area (Å²) in [6, 6.07) is 16.1. The quantitative estimate of drug-likeness (QED) is 0.750. The van der Waals surface area contributed by atoms with Crippen LogP contribution in [-0.2, 0) is 4.79 Å². The fourth-order valence-electron chi connectivity index (χ4n) is 2.73. The molecule has 2 aromatic carbocycles. The van der Waals surface area contributed by atoms with E-state index in [9.17, 15) is 9.59 Å². The molecule has 128 valence electrons. The molecule has 1 atom stereocenters. The Bertz CT molecular complexity index is 840. The number of carbonyl (C=O) groups is 2. The van der Waals surface area contributed by atoms with E-state index >= 15 is 0 Å². The van der Waals surface area contributed by atoms with Crippen molar-refractivity contribution in [3.05, 3.63) is 60.2 Å². The average molecular weight is 336 g/mol. The largest absolute Gasteiger partial charge is 0.292 e. The van der Waals surface area contributed by atoms with Gasteiger partial charge in [0.05, 0.1) is 12.5 Å². The van der Waals surface area contributed by atoms with Crippen LogP contribution in [0.3, 0.4) is 0 Å². The van der Waals surface area contributed by atoms with Crippen LogP contribution in [-0.4, -0.2) is 26.8 Å². The molecule has 0 spiro atoms. The summed E-state index contributed by atoms with van der Waals surface area (Å²) >= 11 is 0. The molecule has 0 saturated carbocycles. The van der Waals surface area contributed by atoms with Gasteiger partial charge in [-0.05, 0) is 30.7 Å². The number of amides is 2. The molecule has 0 saturated heterocycles. The van der Waals surface area contributed by atoms with Crippen LogP contribution < -0.4 is 5.32 Å². The van der Waals surface area contributed by atoms with Crippen LogP contribution in [0.5, 0.6) is 0 Å². The molecule has 1 aromatic heterocycles. The molecular formula is C19H20N4O2. The van der Waals surface area contributed by atoms with Crippen molar-refractivity contribution >= 4 is 22.8 Å². The molecule has 0 bridgehead atoms. The van der Waals surface area contributed by atoms with Gasteiger partial charge in [-0.3, -0.25) is 14.9 Å². The molecule has 6 heteroatoms. The third-order valence-corrected chi connectivity index (χ3v) is 3.96. The summed E-state index contributed by atoms with van der Waals surface area (Å²) in [6.45, 7) is 2.04. The third kappa shape index (κ3) is 4.09. The Labute approximate surface area is 145 Å². The van der Waals surface area contributed by atoms with Crippen molar-refractivity contribution in [1.29, 1.82) is 0 Å². The highest BCUT2D eigenvalue weighted by Crippen LogP contribution is 2.19. The van der Waals surface area contributed by atoms with E-state index in [0.29, 0.717) is 5.56 Å². The summed E-state index contributed by atoms with van der Waals surface area (Å²) in [6.07, 6.45) is 1.81. The maximum absolute atomic E-state index is 12.3. The fraction of sp³-hybridized carbons (Fsp3) is 0.263. The van der Waals surface area contributed by atoms with Crippen molar-refractivity contribution in [3.8, 4) is 0 Å². The Balaban J connectivity index is 1.70. The van der Waals surface area contributed by atoms with E-state index in [1.807, 2.05) is 37.3 Å². The highest BCUT2D eigenvalue weighted by Gasteiger charge is 2.19. The lowest BCUT2D eigenvalue weighted by Gasteiger charge is -2.14. The summed E-state index contributed by atoms with van der Waals surface area (Å²) < 4.78 is 0. The van der Waals surface area contributed by atoms with Gasteiger partial charge in [0.2, 0.25) is 5.91 Å². The molecule has 0 radical (unpaired) electrons. The number of nitrogens with zero attached hydrogens (tertiary/aromatic N) is 3. The highest BCUT2D eigenvalue weighted by molar-refractivity contribution is 6.04. The molecular weight excluding hydrogens is 316 g/mol. The summed E-state index contributed by atoms with van der Waals surface area (Å²) in [5, 5.41) is 11.4. The van der Waals surface area contributed by atoms with Gasteiger partial charge in [0.1, 0.15) is 11.0 Å². The first-order chi connectivity index (χ1) is 12.2. The van der Waals surface area contributed by atoms with Gasteiger partial charge in [0, 0.05) is 5.56 Å². The molecule has 3 aromatic rings. The van der Waals surface area contributed by atoms with Crippen molar-refractivity contribution in [2.75, 3.05) is 0 Å². The normalized spacial score (nSPS) is 12.0. The van der Waals surface area contributed by atoms with Crippen LogP contribution in [0.2, 0.25) is 0 Å². The summed E-state index contributed by atoms with van der Waals surface area (Å²) in [7, 11) is 0. The number of hydrogen-bond donors (Lipinski definition) is 1. The van der Waals surface area contributed by atoms with Gasteiger partial charge in [-0.25, -0.2) is 0 Å². The standard InChI is InChI=1S/C19H20N4O2/c1-2-8-15(23-21-16-11-6-7-12-17(16)22-23)13-18(24)20-19(25)14-9-4-3-5-10-14/h3-7,9-12,15H,2,8,13H2,1H3,(H,20,24,25)/t15-/m1/s1. The predicted octanol–water partition coefficient (Wildman–Crippen LogP) is 3.12. The minimum absolute atomic E-state index is 0.160. The SMILES string of the molecule is CCC[C@H](CC(=O)NC(=O)c1ccccc1)n1nc2ccccc2n1. The first-order valence-corrected chi connectivity index (χ1v) is 8.38. The topological polar surface area (TPSA) is 76.9 Å². The minimum atomic E-state index is -0.389. The molecule has 2 amide bonds. The lowest BCUT2D eigenvalue weighted by Crippen LogP contribution is -2.32. The van der Waals surface area contributed by atoms with Crippen molar-refractivity contribution in [2.45, 2.75) is 32.2 Å². The van der Waals surface area contributed by atoms with E-state index in [1.165, 1.54) is 0 Å². The molecule has 1 heterocycles. The zero-order valence-corrected chi connectivity index (χ0v) is 14.1. The minimum Gasteiger partial charge on any atom is -0.292 e. The van der Waals surface area contributed by atoms with Crippen LogP contribution in [0.25, 0.3) is 11.0 Å². The maximum Gasteiger partial charge on any atom is 0.257 e. The Morgan fingerprint density at radius 2 is 1.60 bits per heavy atom. The van der Waals surface area contributed by atoms with Gasteiger partial charge in [0.25, 0.3) is 5.91 Å². The highest BCUT2D eigenvalue weighted by atomic mass is 16.2. The Morgan fingerprint density at radius 3 is 2.20 bits per heavy atom. The molecule has 0 unspecified atom stereocenters. The van der Waals surface area contributed by atoms with Crippen molar-refractivity contribution in [1.82, 2.24) is 20.3 Å². The van der Waals surface area contributed by atoms with Crippen LogP contribution in [0.4, 0.5) is 0 Å². The van der Waals surface area contributed by atoms with Gasteiger partial charge in [-0.2, -0.15) is 15.0 Å². The Morgan fingerprint density at radius 1 is 1.00 bits per heavy atom. The molecule has 0 aliphatic carbocycles. The first kappa shape index (κ1) is 16.8. The second-order valence-electron chi connectivity index (χ2n) is 5.90. The number of benzene rings is 2. The summed E-state index contributed by atoms with van der Waals surface area (Å²) in [5.74, 6) is -0.715. The molecule has 0 aliphatic rings. The van der Waals surface area contributed by atoms with E-state index in [2.05, 4.69) is 15.5 Å². The predicted molar refractivity (Wildman–Crippen MR) is 95.0 cm³/mol. The summed E-state index contributed by atoms with van der Waals surface area (Å²) in [4.78, 5) is 26.0. The van der Waals surface area contributed by atoms with E-state index in [-0.39, 0.29) is 24.3 Å². The smallest absolute Gasteiger partial charge is 0.257 e. The van der Waals surface area contributed by atoms with Crippen LogP contribution in [0.15, 0.2) is 54.6 Å². The van der Waals surface area contributed by atoms with Gasteiger partial charge < -0.3 is 0 Å². The van der Waals surface area contributed by atoms with Crippen LogP contribution in [0.1, 0.15) is 42.6 Å². The van der Waals surface area contributed by atoms with Crippen LogP contribution >= 0.6 is 0 Å². The monoisotopic (exact) mass is 336 g/mol. The number of hydrogen-bond acceptors (Lipinski definition) is 4. The van der Waals surface area contributed by atoms with E-state index in [1.54, 1.807) is 29.1 Å². The second kappa shape index (κ2) is 7.70. The number of carbonyl (C=O) groups excluding carboxylic acids is 2. The van der Waals surface area contributed by atoms with Gasteiger partial charge >= 0.3 is 0 Å². The molecule has 1 N–H and O–H groups in total. The molecule has 6 nitrogen and oxygen atoms in total. The molecule has 3 rings (SSSR count). The molecule has 25 heavy (non-hydrogen) atoms.